The molecule has 0 bridgehead atoms. The number of nitrogens with two attached hydrogens (primary N) is 1. The lowest BCUT2D eigenvalue weighted by atomic mass is 10.0. The fraction of sp³-hybridized carbons (Fsp3) is 0.625. The molecule has 8 unspecified atom stereocenters. The van der Waals surface area contributed by atoms with Crippen LogP contribution >= 0.6 is 11.8 Å². The van der Waals surface area contributed by atoms with Gasteiger partial charge in [0, 0.05) is 150 Å². The Balaban J connectivity index is 0.000000852. The van der Waals surface area contributed by atoms with E-state index in [1.54, 1.807) is 68.4 Å². The number of methoxy groups -OCH3 is 4. The van der Waals surface area contributed by atoms with Crippen molar-refractivity contribution < 1.29 is 182 Å². The molecule has 2 aliphatic heterocycles. The monoisotopic (exact) mass is 2160 g/mol. The lowest BCUT2D eigenvalue weighted by Crippen LogP contribution is -2.54. The Kier molecular flexibility index (Phi) is 70.5. The number of anilines is 1. The van der Waals surface area contributed by atoms with E-state index in [0.717, 1.165) is 39.9 Å². The topological polar surface area (TPSA) is 684 Å². The van der Waals surface area contributed by atoms with Gasteiger partial charge in [0.25, 0.3) is 11.8 Å². The molecule has 0 saturated carbocycles. The number of urea groups is 2. The van der Waals surface area contributed by atoms with Crippen molar-refractivity contribution in [3.63, 3.8) is 0 Å². The Labute approximate surface area is 874 Å². The highest BCUT2D eigenvalue weighted by molar-refractivity contribution is 8.15. The number of nitrogens with one attached hydrogen (secondary N) is 10. The number of carbonyl (C=O) groups excluding carboxylic acids is 14. The lowest BCUT2D eigenvalue weighted by Gasteiger charge is -2.37. The molecule has 11 atom stereocenters. The molecule has 0 spiro atoms. The summed E-state index contributed by atoms with van der Waals surface area (Å²) in [7, 11) is 8.27. The molecule has 846 valence electrons. The first kappa shape index (κ1) is 134. The standard InChI is InChI=1S/C50H68F2N10O13S.C28H46N4O12.C11H21NO7.C7H16O4/c1-7-36(28-63)75-41(71-5)30-74-48(69)56-26-22-40(64)59-42(31(2)3)44(66)58-39(15-11-24-54-46(53)67)43(65)57-35-19-16-32(17-20-35)29-73-47(68)55-25-12-23-50(33-13-9-8-10-14-33)62(49(70)61(4)72-6)60-45(76-50)37-27-34(51)18-21-38(37)52;1-3-22(19-33)44-27(40-2)20-43-28(39)31-11-8-23(35)29-12-13-30-24(36)10-16-42-18-17-41-15-4-5-21(34)9-14-32-25(37)6-7-26(32)38;1-3-8(6-13)19-10(17-2)7-18-11(16)12-5-4-9(14)15;1-3-6(4-8)11-7(5-9)10-2/h8-10,13-14,16-21,27,31,36,39,41-42,63H,7,11-12,15,22-26,28-30H2,1-6H3,(H,55,68)(H,56,69)(H,57,65)(H,58,66)(H,59,64)(H3,53,54,67);6-7,22,27,33H,3-5,8-20H2,1-2H3,(H,29,35)(H,30,36)(H,31,39);8,10,13H,3-7H2,1-2H3,(H,12,16)(H,14,15);6-9H,3-5H2,1-2H3/t36?,39-,41?,42-,50-;;;/m0.../s1. The van der Waals surface area contributed by atoms with E-state index in [2.05, 4.69) is 58.3 Å². The van der Waals surface area contributed by atoms with Crippen molar-refractivity contribution in [2.75, 3.05) is 180 Å². The average Bonchev–Trinajstić information content (AvgIpc) is 1.59. The third-order valence-corrected chi connectivity index (χ3v) is 22.8. The number of rotatable bonds is 71. The van der Waals surface area contributed by atoms with Gasteiger partial charge < -0.3 is 156 Å². The van der Waals surface area contributed by atoms with E-state index < -0.39 is 144 Å². The Morgan fingerprint density at radius 1 is 0.507 bits per heavy atom. The number of aliphatic hydroxyl groups excluding tert-OH is 5. The zero-order chi connectivity index (χ0) is 112. The second-order valence-electron chi connectivity index (χ2n) is 32.8. The molecule has 0 aromatic heterocycles. The molecule has 15 amide bonds. The molecule has 3 aromatic rings. The van der Waals surface area contributed by atoms with E-state index in [1.165, 1.54) is 59.8 Å². The second-order valence-corrected chi connectivity index (χ2v) is 34.1. The van der Waals surface area contributed by atoms with Crippen LogP contribution in [0.2, 0.25) is 0 Å². The van der Waals surface area contributed by atoms with Crippen LogP contribution in [-0.4, -0.2) is 376 Å². The number of thioether (sulfide) groups is 1. The van der Waals surface area contributed by atoms with Crippen LogP contribution in [0.25, 0.3) is 0 Å². The highest BCUT2D eigenvalue weighted by Gasteiger charge is 2.50. The number of ketones is 1. The predicted molar refractivity (Wildman–Crippen MR) is 534 cm³/mol. The van der Waals surface area contributed by atoms with Crippen LogP contribution < -0.4 is 58.9 Å². The number of carboxylic acids is 1. The Morgan fingerprint density at radius 3 is 1.47 bits per heavy atom. The van der Waals surface area contributed by atoms with E-state index >= 15 is 4.39 Å². The van der Waals surface area contributed by atoms with Gasteiger partial charge in [-0.2, -0.15) is 10.1 Å². The molecule has 0 radical (unpaired) electrons. The molecule has 3 aromatic carbocycles. The first-order chi connectivity index (χ1) is 71.8. The van der Waals surface area contributed by atoms with E-state index in [-0.39, 0.29) is 230 Å². The number of hydrogen-bond donors (Lipinski definition) is 17. The number of Topliss-reactive ketones (excluding diaryl/α,β-unsaturated/α-hetero) is 1. The quantitative estimate of drug-likeness (QED) is 0.0126. The van der Waals surface area contributed by atoms with Gasteiger partial charge in [-0.3, -0.25) is 52.9 Å². The number of aliphatic carboxylic acids is 1. The predicted octanol–water partition coefficient (Wildman–Crippen LogP) is 3.61. The van der Waals surface area contributed by atoms with Crippen LogP contribution in [-0.2, 0) is 126 Å². The molecule has 18 N–H and O–H groups in total. The normalized spacial score (nSPS) is 14.9. The van der Waals surface area contributed by atoms with Crippen molar-refractivity contribution in [2.24, 2.45) is 16.8 Å². The van der Waals surface area contributed by atoms with Gasteiger partial charge in [0.05, 0.1) is 90.8 Å². The number of halogens is 2. The molecule has 5 rings (SSSR count). The summed E-state index contributed by atoms with van der Waals surface area (Å²) >= 11 is 1.07. The summed E-state index contributed by atoms with van der Waals surface area (Å²) < 4.78 is 102. The summed E-state index contributed by atoms with van der Waals surface area (Å²) in [6, 6.07) is 14.5. The van der Waals surface area contributed by atoms with Crippen molar-refractivity contribution in [3.8, 4) is 0 Å². The van der Waals surface area contributed by atoms with Crippen molar-refractivity contribution in [1.29, 1.82) is 0 Å². The molecule has 2 heterocycles. The fourth-order valence-electron chi connectivity index (χ4n) is 12.7. The van der Waals surface area contributed by atoms with Gasteiger partial charge in [-0.05, 0) is 105 Å². The lowest BCUT2D eigenvalue weighted by molar-refractivity contribution is -0.181. The fourth-order valence-corrected chi connectivity index (χ4v) is 14.1. The van der Waals surface area contributed by atoms with Crippen LogP contribution in [0, 0.1) is 17.6 Å². The largest absolute Gasteiger partial charge is 0.481 e. The number of carbonyl (C=O) groups is 15. The second kappa shape index (κ2) is 79.0. The smallest absolute Gasteiger partial charge is 0.407 e. The molecule has 51 nitrogen and oxygen atoms in total. The first-order valence-corrected chi connectivity index (χ1v) is 49.5. The number of ether oxygens (including phenoxy) is 14. The van der Waals surface area contributed by atoms with Gasteiger partial charge in [-0.25, -0.2) is 42.6 Å². The summed E-state index contributed by atoms with van der Waals surface area (Å²) in [5.41, 5.74) is 6.59. The minimum atomic E-state index is -1.27. The summed E-state index contributed by atoms with van der Waals surface area (Å²) in [5, 5.41) is 85.5. The summed E-state index contributed by atoms with van der Waals surface area (Å²) in [5.74, 6) is -6.11. The maximum Gasteiger partial charge on any atom is 0.407 e. The van der Waals surface area contributed by atoms with Crippen LogP contribution in [0.5, 0.6) is 0 Å². The summed E-state index contributed by atoms with van der Waals surface area (Å²) in [6.07, 6.45) is -1.60. The zero-order valence-electron chi connectivity index (χ0n) is 86.9. The number of aliphatic hydroxyl groups is 5. The number of hydroxylamine groups is 2. The molecule has 0 fully saturated rings. The van der Waals surface area contributed by atoms with Crippen LogP contribution in [0.15, 0.2) is 90.0 Å². The SMILES string of the molecule is CCC(CO)OC(CO)OC.CCC(CO)OC(COC(=O)NCCC(=O)NCCNC(=O)CCOCCOCCCC(=O)CCN1C(=O)C=CC1=O)OC.CCC(CO)OC(COC(=O)NCCC(=O)N[C@H](C(=O)N[C@@H](CCCNC(N)=O)C(=O)Nc1ccc(COC(=O)NCCC[C@@]2(c3ccccc3)SC(c3cc(F)ccc3F)=NN2C(=O)N(C)OC)cc1)C(C)C)OC.CCC(CO)OC(COC(=O)NCCC(=O)O)OC. The number of hydrogen-bond acceptors (Lipinski definition) is 37. The Bertz CT molecular complexity index is 4520. The molecule has 54 heteroatoms. The first-order valence-electron chi connectivity index (χ1n) is 48.6. The van der Waals surface area contributed by atoms with E-state index in [0.29, 0.717) is 62.1 Å². The zero-order valence-corrected chi connectivity index (χ0v) is 87.7. The summed E-state index contributed by atoms with van der Waals surface area (Å²) in [6.45, 7) is 11.0. The van der Waals surface area contributed by atoms with Crippen molar-refractivity contribution >= 4 is 112 Å². The third kappa shape index (κ3) is 56.1. The Morgan fingerprint density at radius 2 is 0.987 bits per heavy atom. The molecular formula is C96H151F2N15O36S. The van der Waals surface area contributed by atoms with E-state index in [4.69, 9.17) is 102 Å². The maximum absolute atomic E-state index is 15.1. The van der Waals surface area contributed by atoms with E-state index in [9.17, 15) is 81.4 Å². The molecular weight excluding hydrogens is 2010 g/mol. The molecule has 0 saturated heterocycles. The van der Waals surface area contributed by atoms with Gasteiger partial charge in [0.1, 0.15) is 65.8 Å². The highest BCUT2D eigenvalue weighted by atomic mass is 32.2. The number of primary amides is 1. The number of imide groups is 1. The minimum absolute atomic E-state index is 0.0130. The number of hydrazone groups is 1. The van der Waals surface area contributed by atoms with Gasteiger partial charge in [0.15, 0.2) is 25.2 Å². The van der Waals surface area contributed by atoms with Crippen LogP contribution in [0.3, 0.4) is 0 Å². The maximum atomic E-state index is 15.1. The van der Waals surface area contributed by atoms with Crippen LogP contribution in [0.4, 0.5) is 43.2 Å². The van der Waals surface area contributed by atoms with Gasteiger partial charge >= 0.3 is 42.4 Å². The number of carboxylic acid groups (broad SMARTS) is 1. The van der Waals surface area contributed by atoms with Gasteiger partial charge in [-0.15, -0.1) is 0 Å². The molecule has 0 aliphatic carbocycles. The Hall–Kier alpha value is -12.1. The van der Waals surface area contributed by atoms with Crippen molar-refractivity contribution in [2.45, 2.75) is 211 Å². The van der Waals surface area contributed by atoms with Gasteiger partial charge in [-0.1, -0.05) is 95.8 Å². The summed E-state index contributed by atoms with van der Waals surface area (Å²) in [4.78, 5) is 187. The van der Waals surface area contributed by atoms with E-state index in [1.807, 2.05) is 27.7 Å². The minimum Gasteiger partial charge on any atom is -0.481 e. The van der Waals surface area contributed by atoms with Crippen LogP contribution in [0.1, 0.15) is 155 Å². The average molecular weight is 2160 g/mol. The number of benzene rings is 3. The number of alkyl carbamates (subject to hydrolysis) is 4. The molecule has 2 aliphatic rings. The number of nitrogens with zero attached hydrogens (tertiary/aromatic N) is 4. The molecule has 150 heavy (non-hydrogen) atoms. The number of amides is 15. The van der Waals surface area contributed by atoms with Gasteiger partial charge in [0.2, 0.25) is 29.5 Å². The van der Waals surface area contributed by atoms with Crippen molar-refractivity contribution in [3.05, 3.63) is 113 Å². The third-order valence-electron chi connectivity index (χ3n) is 21.3. The van der Waals surface area contributed by atoms with Crippen molar-refractivity contribution in [1.82, 2.24) is 62.8 Å². The highest BCUT2D eigenvalue weighted by Crippen LogP contribution is 2.51.